The number of hydrogen-bond donors (Lipinski definition) is 0. The second-order valence-corrected chi connectivity index (χ2v) is 4.62. The van der Waals surface area contributed by atoms with Crippen LogP contribution in [-0.4, -0.2) is 15.0 Å². The normalized spacial score (nSPS) is 10.4. The molecule has 1 heterocycles. The van der Waals surface area contributed by atoms with E-state index >= 15 is 0 Å². The Labute approximate surface area is 129 Å². The van der Waals surface area contributed by atoms with Crippen molar-refractivity contribution in [2.75, 3.05) is 0 Å². The van der Waals surface area contributed by atoms with Gasteiger partial charge in [0, 0.05) is 18.2 Å². The molecular weight excluding hydrogens is 302 g/mol. The second kappa shape index (κ2) is 5.68. The summed E-state index contributed by atoms with van der Waals surface area (Å²) in [4.78, 5) is 21.1. The quantitative estimate of drug-likeness (QED) is 0.534. The number of aromatic nitrogens is 1. The molecule has 1 aromatic heterocycles. The van der Waals surface area contributed by atoms with Gasteiger partial charge in [-0.2, -0.15) is 0 Å². The highest BCUT2D eigenvalue weighted by Gasteiger charge is 2.21. The third-order valence-electron chi connectivity index (χ3n) is 3.25. The number of benzene rings is 2. The van der Waals surface area contributed by atoms with Crippen molar-refractivity contribution < 1.29 is 14.4 Å². The summed E-state index contributed by atoms with van der Waals surface area (Å²) in [5.74, 6) is 0.172. The Morgan fingerprint density at radius 2 is 1.35 bits per heavy atom. The van der Waals surface area contributed by atoms with Crippen molar-refractivity contribution >= 4 is 11.4 Å². The molecule has 8 nitrogen and oxygen atoms in total. The zero-order valence-corrected chi connectivity index (χ0v) is 11.6. The van der Waals surface area contributed by atoms with Gasteiger partial charge in [0.1, 0.15) is 5.69 Å². The first-order chi connectivity index (χ1) is 11.1. The maximum Gasteiger partial charge on any atom is 0.280 e. The Bertz CT molecular complexity index is 831. The first-order valence-corrected chi connectivity index (χ1v) is 6.52. The van der Waals surface area contributed by atoms with Crippen molar-refractivity contribution in [2.24, 2.45) is 0 Å². The van der Waals surface area contributed by atoms with E-state index in [-0.39, 0.29) is 34.0 Å². The lowest BCUT2D eigenvalue weighted by molar-refractivity contribution is -0.384. The van der Waals surface area contributed by atoms with Gasteiger partial charge >= 0.3 is 0 Å². The summed E-state index contributed by atoms with van der Waals surface area (Å²) in [5, 5.41) is 25.9. The van der Waals surface area contributed by atoms with E-state index in [2.05, 4.69) is 5.16 Å². The first-order valence-electron chi connectivity index (χ1n) is 6.52. The van der Waals surface area contributed by atoms with Crippen molar-refractivity contribution in [1.29, 1.82) is 0 Å². The fraction of sp³-hybridized carbons (Fsp3) is 0. The lowest BCUT2D eigenvalue weighted by Gasteiger charge is -1.98. The van der Waals surface area contributed by atoms with Gasteiger partial charge in [0.15, 0.2) is 5.76 Å². The van der Waals surface area contributed by atoms with Gasteiger partial charge in [0.25, 0.3) is 11.4 Å². The summed E-state index contributed by atoms with van der Waals surface area (Å²) < 4.78 is 5.15. The van der Waals surface area contributed by atoms with Crippen molar-refractivity contribution in [1.82, 2.24) is 5.16 Å². The van der Waals surface area contributed by atoms with Crippen LogP contribution < -0.4 is 0 Å². The van der Waals surface area contributed by atoms with E-state index in [1.165, 1.54) is 24.3 Å². The third-order valence-corrected chi connectivity index (χ3v) is 3.25. The molecule has 3 aromatic rings. The van der Waals surface area contributed by atoms with Gasteiger partial charge in [0.05, 0.1) is 21.0 Å². The van der Waals surface area contributed by atoms with Gasteiger partial charge in [-0.25, -0.2) is 0 Å². The summed E-state index contributed by atoms with van der Waals surface area (Å²) in [5.41, 5.74) is 0.541. The van der Waals surface area contributed by atoms with E-state index in [0.717, 1.165) is 0 Å². The molecule has 0 aliphatic rings. The van der Waals surface area contributed by atoms with E-state index in [4.69, 9.17) is 4.52 Å². The van der Waals surface area contributed by atoms with Crippen LogP contribution >= 0.6 is 0 Å². The molecule has 0 unspecified atom stereocenters. The van der Waals surface area contributed by atoms with Crippen LogP contribution in [0.4, 0.5) is 11.4 Å². The maximum absolute atomic E-state index is 11.1. The highest BCUT2D eigenvalue weighted by Crippen LogP contribution is 2.34. The third kappa shape index (κ3) is 2.64. The first kappa shape index (κ1) is 14.4. The molecule has 0 amide bonds. The van der Waals surface area contributed by atoms with Crippen LogP contribution in [0.2, 0.25) is 0 Å². The number of nitro groups is 2. The minimum absolute atomic E-state index is 0.116. The van der Waals surface area contributed by atoms with E-state index in [0.29, 0.717) is 0 Å². The lowest BCUT2D eigenvalue weighted by atomic mass is 10.1. The SMILES string of the molecule is O=[N+]([O-])c1ccccc1-c1cc(-c2ccccc2[N+](=O)[O-])on1. The van der Waals surface area contributed by atoms with E-state index in [9.17, 15) is 20.2 Å². The Morgan fingerprint density at radius 3 is 1.96 bits per heavy atom. The molecule has 0 saturated heterocycles. The van der Waals surface area contributed by atoms with Crippen LogP contribution in [0.15, 0.2) is 59.1 Å². The average Bonchev–Trinajstić information content (AvgIpc) is 3.04. The largest absolute Gasteiger partial charge is 0.355 e. The predicted molar refractivity (Wildman–Crippen MR) is 80.7 cm³/mol. The van der Waals surface area contributed by atoms with Crippen LogP contribution in [0.5, 0.6) is 0 Å². The Kier molecular flexibility index (Phi) is 3.55. The van der Waals surface area contributed by atoms with Crippen LogP contribution in [0.1, 0.15) is 0 Å². The molecule has 0 aliphatic heterocycles. The molecule has 23 heavy (non-hydrogen) atoms. The highest BCUT2D eigenvalue weighted by atomic mass is 16.6. The van der Waals surface area contributed by atoms with Gasteiger partial charge < -0.3 is 4.52 Å². The van der Waals surface area contributed by atoms with Crippen LogP contribution in [0, 0.1) is 20.2 Å². The maximum atomic E-state index is 11.1. The molecule has 3 rings (SSSR count). The minimum Gasteiger partial charge on any atom is -0.355 e. The fourth-order valence-electron chi connectivity index (χ4n) is 2.22. The number of nitrogens with zero attached hydrogens (tertiary/aromatic N) is 3. The molecule has 0 atom stereocenters. The average molecular weight is 311 g/mol. The molecule has 0 fully saturated rings. The zero-order valence-electron chi connectivity index (χ0n) is 11.6. The zero-order chi connectivity index (χ0) is 16.4. The molecule has 0 spiro atoms. The number of hydrogen-bond acceptors (Lipinski definition) is 6. The lowest BCUT2D eigenvalue weighted by Crippen LogP contribution is -1.91. The van der Waals surface area contributed by atoms with Crippen molar-refractivity contribution in [3.05, 3.63) is 74.8 Å². The molecular formula is C15H9N3O5. The standard InChI is InChI=1S/C15H9N3O5/c19-17(20)13-7-3-1-5-10(13)12-9-15(23-16-12)11-6-2-4-8-14(11)18(21)22/h1-9H. The van der Waals surface area contributed by atoms with Crippen LogP contribution in [0.25, 0.3) is 22.6 Å². The summed E-state index contributed by atoms with van der Waals surface area (Å²) in [6.07, 6.45) is 0. The van der Waals surface area contributed by atoms with E-state index < -0.39 is 9.85 Å². The molecule has 2 aromatic carbocycles. The van der Waals surface area contributed by atoms with Gasteiger partial charge in [0.2, 0.25) is 0 Å². The number of nitro benzene ring substituents is 2. The molecule has 0 aliphatic carbocycles. The van der Waals surface area contributed by atoms with Gasteiger partial charge in [-0.1, -0.05) is 29.4 Å². The highest BCUT2D eigenvalue weighted by molar-refractivity contribution is 5.76. The monoisotopic (exact) mass is 311 g/mol. The second-order valence-electron chi connectivity index (χ2n) is 4.62. The van der Waals surface area contributed by atoms with Crippen LogP contribution in [0.3, 0.4) is 0 Å². The Morgan fingerprint density at radius 1 is 0.826 bits per heavy atom. The Hall–Kier alpha value is -3.55. The van der Waals surface area contributed by atoms with Crippen molar-refractivity contribution in [2.45, 2.75) is 0 Å². The van der Waals surface area contributed by atoms with E-state index in [1.54, 1.807) is 30.3 Å². The molecule has 0 bridgehead atoms. The van der Waals surface area contributed by atoms with Gasteiger partial charge in [-0.3, -0.25) is 20.2 Å². The minimum atomic E-state index is -0.525. The summed E-state index contributed by atoms with van der Waals surface area (Å²) in [6, 6.07) is 13.6. The molecule has 0 N–H and O–H groups in total. The van der Waals surface area contributed by atoms with E-state index in [1.807, 2.05) is 0 Å². The van der Waals surface area contributed by atoms with Crippen molar-refractivity contribution in [3.8, 4) is 22.6 Å². The molecule has 0 saturated carbocycles. The van der Waals surface area contributed by atoms with Gasteiger partial charge in [-0.15, -0.1) is 0 Å². The number of para-hydroxylation sites is 2. The summed E-state index contributed by atoms with van der Waals surface area (Å²) in [7, 11) is 0. The summed E-state index contributed by atoms with van der Waals surface area (Å²) >= 11 is 0. The van der Waals surface area contributed by atoms with Crippen molar-refractivity contribution in [3.63, 3.8) is 0 Å². The van der Waals surface area contributed by atoms with Crippen LogP contribution in [-0.2, 0) is 0 Å². The van der Waals surface area contributed by atoms with Gasteiger partial charge in [-0.05, 0) is 12.1 Å². The predicted octanol–water partition coefficient (Wildman–Crippen LogP) is 3.83. The molecule has 0 radical (unpaired) electrons. The molecule has 114 valence electrons. The fourth-order valence-corrected chi connectivity index (χ4v) is 2.22. The number of rotatable bonds is 4. The molecule has 8 heteroatoms. The Balaban J connectivity index is 2.09. The summed E-state index contributed by atoms with van der Waals surface area (Å²) in [6.45, 7) is 0. The smallest absolute Gasteiger partial charge is 0.280 e. The topological polar surface area (TPSA) is 112 Å².